The first-order valence-corrected chi connectivity index (χ1v) is 7.23. The molecular weight excluding hydrogens is 222 g/mol. The average molecular weight is 249 g/mol. The molecule has 2 heteroatoms. The van der Waals surface area contributed by atoms with E-state index in [1.807, 2.05) is 31.2 Å². The van der Waals surface area contributed by atoms with Crippen LogP contribution in [0.3, 0.4) is 0 Å². The third-order valence-electron chi connectivity index (χ3n) is 3.17. The summed E-state index contributed by atoms with van der Waals surface area (Å²) in [5, 5.41) is 0. The molecule has 0 fully saturated rings. The maximum absolute atomic E-state index is 5.92. The van der Waals surface area contributed by atoms with E-state index in [0.29, 0.717) is 0 Å². The smallest absolute Gasteiger partial charge is 0.124 e. The summed E-state index contributed by atoms with van der Waals surface area (Å²) < 4.78 is 5.82. The first kappa shape index (κ1) is 15.0. The van der Waals surface area contributed by atoms with E-state index in [9.17, 15) is 0 Å². The van der Waals surface area contributed by atoms with Crippen molar-refractivity contribution in [2.45, 2.75) is 58.4 Å². The predicted molar refractivity (Wildman–Crippen MR) is 77.9 cm³/mol. The zero-order valence-corrected chi connectivity index (χ0v) is 11.8. The number of rotatable bonds is 9. The van der Waals surface area contributed by atoms with Gasteiger partial charge in [-0.2, -0.15) is 0 Å². The van der Waals surface area contributed by atoms with Gasteiger partial charge < -0.3 is 10.5 Å². The monoisotopic (exact) mass is 249 g/mol. The van der Waals surface area contributed by atoms with Crippen LogP contribution in [0.1, 0.15) is 64.0 Å². The molecule has 18 heavy (non-hydrogen) atoms. The van der Waals surface area contributed by atoms with E-state index < -0.39 is 0 Å². The molecule has 0 saturated heterocycles. The van der Waals surface area contributed by atoms with E-state index in [-0.39, 0.29) is 6.04 Å². The molecule has 0 bridgehead atoms. The Balaban J connectivity index is 2.23. The zero-order valence-electron chi connectivity index (χ0n) is 11.8. The SMILES string of the molecule is CCCCCCCCOc1ccccc1[C@H](C)N. The van der Waals surface area contributed by atoms with Gasteiger partial charge in [0, 0.05) is 11.6 Å². The van der Waals surface area contributed by atoms with E-state index in [0.717, 1.165) is 24.3 Å². The molecule has 1 aromatic carbocycles. The average Bonchev–Trinajstić information content (AvgIpc) is 2.38. The Bertz CT molecular complexity index is 323. The zero-order chi connectivity index (χ0) is 13.2. The van der Waals surface area contributed by atoms with Gasteiger partial charge in [-0.25, -0.2) is 0 Å². The molecular formula is C16H27NO. The summed E-state index contributed by atoms with van der Waals surface area (Å²) in [4.78, 5) is 0. The van der Waals surface area contributed by atoms with Crippen LogP contribution in [0, 0.1) is 0 Å². The standard InChI is InChI=1S/C16H27NO/c1-3-4-5-6-7-10-13-18-16-12-9-8-11-15(16)14(2)17/h8-9,11-12,14H,3-7,10,13,17H2,1-2H3/t14-/m0/s1. The summed E-state index contributed by atoms with van der Waals surface area (Å²) >= 11 is 0. The van der Waals surface area contributed by atoms with Crippen LogP contribution in [0.5, 0.6) is 5.75 Å². The van der Waals surface area contributed by atoms with Crippen molar-refractivity contribution in [1.29, 1.82) is 0 Å². The second-order valence-corrected chi connectivity index (χ2v) is 4.94. The van der Waals surface area contributed by atoms with Crippen LogP contribution in [0.15, 0.2) is 24.3 Å². The lowest BCUT2D eigenvalue weighted by Crippen LogP contribution is -2.08. The summed E-state index contributed by atoms with van der Waals surface area (Å²) in [5.74, 6) is 0.945. The molecule has 0 amide bonds. The van der Waals surface area contributed by atoms with Crippen molar-refractivity contribution in [3.05, 3.63) is 29.8 Å². The van der Waals surface area contributed by atoms with Crippen molar-refractivity contribution in [3.63, 3.8) is 0 Å². The minimum atomic E-state index is 0.0331. The molecule has 2 N–H and O–H groups in total. The highest BCUT2D eigenvalue weighted by Gasteiger charge is 2.06. The van der Waals surface area contributed by atoms with Gasteiger partial charge in [0.25, 0.3) is 0 Å². The highest BCUT2D eigenvalue weighted by molar-refractivity contribution is 5.35. The normalized spacial score (nSPS) is 12.4. The van der Waals surface area contributed by atoms with Crippen molar-refractivity contribution in [2.24, 2.45) is 5.73 Å². The molecule has 0 aromatic heterocycles. The minimum Gasteiger partial charge on any atom is -0.493 e. The van der Waals surface area contributed by atoms with Gasteiger partial charge in [0.2, 0.25) is 0 Å². The third kappa shape index (κ3) is 5.54. The van der Waals surface area contributed by atoms with E-state index in [2.05, 4.69) is 6.92 Å². The summed E-state index contributed by atoms with van der Waals surface area (Å²) in [6, 6.07) is 8.10. The summed E-state index contributed by atoms with van der Waals surface area (Å²) in [5.41, 5.74) is 7.02. The van der Waals surface area contributed by atoms with Crippen LogP contribution in [-0.2, 0) is 0 Å². The van der Waals surface area contributed by atoms with Gasteiger partial charge in [0.05, 0.1) is 6.61 Å². The number of benzene rings is 1. The Kier molecular flexibility index (Phi) is 7.51. The molecule has 0 heterocycles. The van der Waals surface area contributed by atoms with Crippen molar-refractivity contribution in [1.82, 2.24) is 0 Å². The fourth-order valence-electron chi connectivity index (χ4n) is 2.05. The van der Waals surface area contributed by atoms with Crippen LogP contribution in [0.25, 0.3) is 0 Å². The van der Waals surface area contributed by atoms with Gasteiger partial charge in [0.15, 0.2) is 0 Å². The number of para-hydroxylation sites is 1. The fourth-order valence-corrected chi connectivity index (χ4v) is 2.05. The Hall–Kier alpha value is -1.02. The lowest BCUT2D eigenvalue weighted by atomic mass is 10.1. The van der Waals surface area contributed by atoms with Crippen molar-refractivity contribution < 1.29 is 4.74 Å². The molecule has 102 valence electrons. The molecule has 0 radical (unpaired) electrons. The summed E-state index contributed by atoms with van der Waals surface area (Å²) in [6.45, 7) is 5.04. The van der Waals surface area contributed by atoms with Crippen LogP contribution in [-0.4, -0.2) is 6.61 Å². The second kappa shape index (κ2) is 8.98. The van der Waals surface area contributed by atoms with E-state index in [1.54, 1.807) is 0 Å². The van der Waals surface area contributed by atoms with Crippen molar-refractivity contribution in [3.8, 4) is 5.75 Å². The number of nitrogens with two attached hydrogens (primary N) is 1. The topological polar surface area (TPSA) is 35.2 Å². The third-order valence-corrected chi connectivity index (χ3v) is 3.17. The van der Waals surface area contributed by atoms with Gasteiger partial charge in [0.1, 0.15) is 5.75 Å². The van der Waals surface area contributed by atoms with Crippen LogP contribution < -0.4 is 10.5 Å². The quantitative estimate of drug-likeness (QED) is 0.656. The molecule has 1 rings (SSSR count). The van der Waals surface area contributed by atoms with Crippen molar-refractivity contribution in [2.75, 3.05) is 6.61 Å². The Morgan fingerprint density at radius 2 is 1.72 bits per heavy atom. The van der Waals surface area contributed by atoms with Gasteiger partial charge >= 0.3 is 0 Å². The van der Waals surface area contributed by atoms with Gasteiger partial charge in [-0.05, 0) is 19.4 Å². The van der Waals surface area contributed by atoms with E-state index in [4.69, 9.17) is 10.5 Å². The van der Waals surface area contributed by atoms with Gasteiger partial charge in [-0.1, -0.05) is 57.2 Å². The van der Waals surface area contributed by atoms with E-state index in [1.165, 1.54) is 32.1 Å². The molecule has 0 saturated carbocycles. The van der Waals surface area contributed by atoms with E-state index >= 15 is 0 Å². The molecule has 0 aliphatic rings. The lowest BCUT2D eigenvalue weighted by molar-refractivity contribution is 0.300. The highest BCUT2D eigenvalue weighted by Crippen LogP contribution is 2.23. The minimum absolute atomic E-state index is 0.0331. The first-order valence-electron chi connectivity index (χ1n) is 7.23. The lowest BCUT2D eigenvalue weighted by Gasteiger charge is -2.13. The van der Waals surface area contributed by atoms with Crippen LogP contribution in [0.4, 0.5) is 0 Å². The molecule has 0 spiro atoms. The van der Waals surface area contributed by atoms with Crippen LogP contribution >= 0.6 is 0 Å². The van der Waals surface area contributed by atoms with Crippen LogP contribution in [0.2, 0.25) is 0 Å². The Labute approximate surface area is 112 Å². The molecule has 2 nitrogen and oxygen atoms in total. The molecule has 1 aromatic rings. The Morgan fingerprint density at radius 1 is 1.06 bits per heavy atom. The number of hydrogen-bond acceptors (Lipinski definition) is 2. The first-order chi connectivity index (χ1) is 8.75. The molecule has 1 atom stereocenters. The molecule has 0 unspecified atom stereocenters. The summed E-state index contributed by atoms with van der Waals surface area (Å²) in [6.07, 6.45) is 7.74. The van der Waals surface area contributed by atoms with Gasteiger partial charge in [-0.15, -0.1) is 0 Å². The number of ether oxygens (including phenoxy) is 1. The van der Waals surface area contributed by atoms with Crippen molar-refractivity contribution >= 4 is 0 Å². The molecule has 0 aliphatic heterocycles. The maximum atomic E-state index is 5.92. The highest BCUT2D eigenvalue weighted by atomic mass is 16.5. The summed E-state index contributed by atoms with van der Waals surface area (Å²) in [7, 11) is 0. The number of hydrogen-bond donors (Lipinski definition) is 1. The maximum Gasteiger partial charge on any atom is 0.124 e. The second-order valence-electron chi connectivity index (χ2n) is 4.94. The molecule has 0 aliphatic carbocycles. The fraction of sp³-hybridized carbons (Fsp3) is 0.625. The van der Waals surface area contributed by atoms with Gasteiger partial charge in [-0.3, -0.25) is 0 Å². The largest absolute Gasteiger partial charge is 0.493 e. The number of unbranched alkanes of at least 4 members (excludes halogenated alkanes) is 5. The predicted octanol–water partition coefficient (Wildman–Crippen LogP) is 4.45. The Morgan fingerprint density at radius 3 is 2.44 bits per heavy atom.